The summed E-state index contributed by atoms with van der Waals surface area (Å²) in [6.07, 6.45) is 2.39. The Morgan fingerprint density at radius 1 is 1.32 bits per heavy atom. The molecule has 1 N–H and O–H groups in total. The van der Waals surface area contributed by atoms with Crippen LogP contribution >= 0.6 is 11.8 Å². The summed E-state index contributed by atoms with van der Waals surface area (Å²) in [5.41, 5.74) is 3.90. The Balaban J connectivity index is 1.52. The maximum absolute atomic E-state index is 12.7. The highest BCUT2D eigenvalue weighted by molar-refractivity contribution is 7.98. The zero-order valence-electron chi connectivity index (χ0n) is 15.8. The molecule has 2 unspecified atom stereocenters. The van der Waals surface area contributed by atoms with Crippen molar-refractivity contribution in [2.75, 3.05) is 24.3 Å². The molecular weight excluding hydrogens is 378 g/mol. The van der Waals surface area contributed by atoms with Crippen molar-refractivity contribution in [3.05, 3.63) is 45.3 Å². The molecule has 0 saturated carbocycles. The number of anilines is 1. The third-order valence-corrected chi connectivity index (χ3v) is 6.47. The average molecular weight is 399 g/mol. The molecule has 10 heteroatoms. The van der Waals surface area contributed by atoms with Gasteiger partial charge in [-0.1, -0.05) is 0 Å². The third-order valence-electron chi connectivity index (χ3n) is 5.46. The van der Waals surface area contributed by atoms with Crippen LogP contribution in [-0.4, -0.2) is 54.4 Å². The first-order chi connectivity index (χ1) is 13.6. The van der Waals surface area contributed by atoms with Crippen molar-refractivity contribution >= 4 is 23.4 Å². The van der Waals surface area contributed by atoms with E-state index in [1.54, 1.807) is 15.3 Å². The SMILES string of the molecule is Cc1nc2ncnn2c(NC2COCC2n2nc3c(cc2=O)CSCC3)c1C. The van der Waals surface area contributed by atoms with Gasteiger partial charge in [0, 0.05) is 29.5 Å². The molecule has 0 amide bonds. The number of nitrogens with one attached hydrogen (secondary N) is 1. The maximum Gasteiger partial charge on any atom is 0.267 e. The van der Waals surface area contributed by atoms with Crippen LogP contribution in [0.4, 0.5) is 5.82 Å². The summed E-state index contributed by atoms with van der Waals surface area (Å²) in [6, 6.07) is 1.45. The van der Waals surface area contributed by atoms with Gasteiger partial charge < -0.3 is 10.1 Å². The Hall–Kier alpha value is -2.46. The molecule has 2 aliphatic rings. The number of rotatable bonds is 3. The Morgan fingerprint density at radius 2 is 2.21 bits per heavy atom. The van der Waals surface area contributed by atoms with E-state index in [0.29, 0.717) is 19.0 Å². The van der Waals surface area contributed by atoms with E-state index in [2.05, 4.69) is 20.4 Å². The third kappa shape index (κ3) is 2.87. The molecule has 1 saturated heterocycles. The lowest BCUT2D eigenvalue weighted by Crippen LogP contribution is -2.39. The number of aromatic nitrogens is 6. The molecule has 1 fully saturated rings. The first-order valence-corrected chi connectivity index (χ1v) is 10.5. The van der Waals surface area contributed by atoms with E-state index in [1.165, 1.54) is 6.33 Å². The van der Waals surface area contributed by atoms with E-state index < -0.39 is 0 Å². The van der Waals surface area contributed by atoms with E-state index >= 15 is 0 Å². The largest absolute Gasteiger partial charge is 0.377 e. The normalized spacial score (nSPS) is 21.8. The fourth-order valence-corrected chi connectivity index (χ4v) is 4.72. The Labute approximate surface area is 165 Å². The second-order valence-electron chi connectivity index (χ2n) is 7.20. The molecular formula is C18H21N7O2S. The van der Waals surface area contributed by atoms with Crippen LogP contribution in [0, 0.1) is 13.8 Å². The lowest BCUT2D eigenvalue weighted by atomic mass is 10.1. The molecule has 5 heterocycles. The number of thioether (sulfide) groups is 1. The molecule has 3 aromatic heterocycles. The summed E-state index contributed by atoms with van der Waals surface area (Å²) in [5, 5.41) is 12.5. The first-order valence-electron chi connectivity index (χ1n) is 9.32. The molecule has 0 aliphatic carbocycles. The summed E-state index contributed by atoms with van der Waals surface area (Å²) in [4.78, 5) is 21.4. The molecule has 3 aromatic rings. The zero-order chi connectivity index (χ0) is 19.3. The van der Waals surface area contributed by atoms with Crippen molar-refractivity contribution in [3.8, 4) is 0 Å². The van der Waals surface area contributed by atoms with Gasteiger partial charge in [0.15, 0.2) is 0 Å². The predicted molar refractivity (Wildman–Crippen MR) is 106 cm³/mol. The molecule has 146 valence electrons. The smallest absolute Gasteiger partial charge is 0.267 e. The van der Waals surface area contributed by atoms with E-state index in [4.69, 9.17) is 9.84 Å². The van der Waals surface area contributed by atoms with Gasteiger partial charge in [-0.2, -0.15) is 31.5 Å². The van der Waals surface area contributed by atoms with Crippen LogP contribution in [0.3, 0.4) is 0 Å². The summed E-state index contributed by atoms with van der Waals surface area (Å²) in [5.74, 6) is 3.27. The minimum Gasteiger partial charge on any atom is -0.377 e. The number of ether oxygens (including phenoxy) is 1. The van der Waals surface area contributed by atoms with Gasteiger partial charge in [0.05, 0.1) is 24.9 Å². The monoisotopic (exact) mass is 399 g/mol. The van der Waals surface area contributed by atoms with Crippen LogP contribution in [0.25, 0.3) is 5.78 Å². The molecule has 2 aliphatic heterocycles. The Kier molecular flexibility index (Phi) is 4.31. The number of hydrogen-bond donors (Lipinski definition) is 1. The lowest BCUT2D eigenvalue weighted by Gasteiger charge is -2.24. The quantitative estimate of drug-likeness (QED) is 0.700. The maximum atomic E-state index is 12.7. The van der Waals surface area contributed by atoms with Gasteiger partial charge in [0.25, 0.3) is 11.3 Å². The molecule has 0 radical (unpaired) electrons. The van der Waals surface area contributed by atoms with Gasteiger partial charge >= 0.3 is 0 Å². The number of hydrogen-bond acceptors (Lipinski definition) is 8. The number of fused-ring (bicyclic) bond motifs is 2. The summed E-state index contributed by atoms with van der Waals surface area (Å²) in [6.45, 7) is 4.88. The second-order valence-corrected chi connectivity index (χ2v) is 8.31. The van der Waals surface area contributed by atoms with Gasteiger partial charge in [-0.3, -0.25) is 4.79 Å². The van der Waals surface area contributed by atoms with Crippen LogP contribution in [0.15, 0.2) is 17.2 Å². The van der Waals surface area contributed by atoms with Crippen molar-refractivity contribution in [3.63, 3.8) is 0 Å². The van der Waals surface area contributed by atoms with E-state index in [1.807, 2.05) is 25.6 Å². The highest BCUT2D eigenvalue weighted by Gasteiger charge is 2.33. The Bertz CT molecular complexity index is 1110. The summed E-state index contributed by atoms with van der Waals surface area (Å²) in [7, 11) is 0. The minimum absolute atomic E-state index is 0.0721. The standard InChI is InChI=1S/C18H21N7O2S/c1-10-11(2)21-18-19-9-20-25(18)17(10)22-14-6-27-7-15(14)24-16(26)5-12-8-28-4-3-13(12)23-24/h5,9,14-15,22H,3-4,6-8H2,1-2H3. The van der Waals surface area contributed by atoms with Crippen molar-refractivity contribution in [1.29, 1.82) is 0 Å². The van der Waals surface area contributed by atoms with Crippen LogP contribution in [0.5, 0.6) is 0 Å². The summed E-state index contributed by atoms with van der Waals surface area (Å²) < 4.78 is 9.02. The Morgan fingerprint density at radius 3 is 3.11 bits per heavy atom. The molecule has 0 bridgehead atoms. The fraction of sp³-hybridized carbons (Fsp3) is 0.500. The zero-order valence-corrected chi connectivity index (χ0v) is 16.6. The molecule has 5 rings (SSSR count). The van der Waals surface area contributed by atoms with Gasteiger partial charge in [-0.15, -0.1) is 0 Å². The van der Waals surface area contributed by atoms with Gasteiger partial charge in [0.1, 0.15) is 18.2 Å². The van der Waals surface area contributed by atoms with E-state index in [0.717, 1.165) is 46.3 Å². The second kappa shape index (κ2) is 6.85. The topological polar surface area (TPSA) is 99.2 Å². The molecule has 28 heavy (non-hydrogen) atoms. The fourth-order valence-electron chi connectivity index (χ4n) is 3.77. The van der Waals surface area contributed by atoms with Crippen LogP contribution < -0.4 is 10.9 Å². The van der Waals surface area contributed by atoms with Crippen LogP contribution in [0.1, 0.15) is 28.6 Å². The molecule has 0 spiro atoms. The van der Waals surface area contributed by atoms with Crippen molar-refractivity contribution < 1.29 is 4.74 Å². The van der Waals surface area contributed by atoms with Crippen molar-refractivity contribution in [1.82, 2.24) is 29.4 Å². The van der Waals surface area contributed by atoms with Crippen LogP contribution in [0.2, 0.25) is 0 Å². The molecule has 2 atom stereocenters. The number of aryl methyl sites for hydroxylation is 2. The highest BCUT2D eigenvalue weighted by Crippen LogP contribution is 2.26. The highest BCUT2D eigenvalue weighted by atomic mass is 32.2. The molecule has 0 aromatic carbocycles. The van der Waals surface area contributed by atoms with Crippen molar-refractivity contribution in [2.45, 2.75) is 38.1 Å². The summed E-state index contributed by atoms with van der Waals surface area (Å²) >= 11 is 1.84. The van der Waals surface area contributed by atoms with Crippen LogP contribution in [-0.2, 0) is 16.9 Å². The first kappa shape index (κ1) is 17.6. The van der Waals surface area contributed by atoms with Gasteiger partial charge in [0.2, 0.25) is 0 Å². The van der Waals surface area contributed by atoms with E-state index in [9.17, 15) is 4.79 Å². The van der Waals surface area contributed by atoms with E-state index in [-0.39, 0.29) is 17.6 Å². The minimum atomic E-state index is -0.182. The molecule has 9 nitrogen and oxygen atoms in total. The van der Waals surface area contributed by atoms with Gasteiger partial charge in [-0.05, 0) is 25.2 Å². The lowest BCUT2D eigenvalue weighted by molar-refractivity contribution is 0.182. The van der Waals surface area contributed by atoms with Crippen molar-refractivity contribution in [2.24, 2.45) is 0 Å². The predicted octanol–water partition coefficient (Wildman–Crippen LogP) is 1.14. The van der Waals surface area contributed by atoms with Gasteiger partial charge in [-0.25, -0.2) is 9.67 Å². The average Bonchev–Trinajstić information content (AvgIpc) is 3.34. The number of nitrogens with zero attached hydrogens (tertiary/aromatic N) is 6.